The quantitative estimate of drug-likeness (QED) is 0.328. The number of piperidine rings is 1. The molecule has 1 fully saturated rings. The fourth-order valence-corrected chi connectivity index (χ4v) is 5.02. The lowest BCUT2D eigenvalue weighted by Gasteiger charge is -2.38. The van der Waals surface area contributed by atoms with E-state index in [2.05, 4.69) is 60.4 Å². The smallest absolute Gasteiger partial charge is 0.409 e. The number of carbonyl (C=O) groups excluding carboxylic acids is 2. The van der Waals surface area contributed by atoms with E-state index < -0.39 is 0 Å². The Balaban J connectivity index is 1.32. The summed E-state index contributed by atoms with van der Waals surface area (Å²) in [6.07, 6.45) is 1.65. The summed E-state index contributed by atoms with van der Waals surface area (Å²) in [4.78, 5) is 31.8. The average molecular weight is 514 g/mol. The van der Waals surface area contributed by atoms with Crippen molar-refractivity contribution in [2.24, 2.45) is 0 Å². The van der Waals surface area contributed by atoms with Gasteiger partial charge < -0.3 is 14.5 Å². The summed E-state index contributed by atoms with van der Waals surface area (Å²) >= 11 is 0. The van der Waals surface area contributed by atoms with Gasteiger partial charge in [0.15, 0.2) is 0 Å². The fraction of sp³-hybridized carbons (Fsp3) is 0.375. The number of ether oxygens (including phenoxy) is 1. The zero-order valence-electron chi connectivity index (χ0n) is 22.5. The first-order valence-corrected chi connectivity index (χ1v) is 13.7. The van der Waals surface area contributed by atoms with Crippen LogP contribution in [0, 0.1) is 0 Å². The molecule has 6 nitrogen and oxygen atoms in total. The van der Waals surface area contributed by atoms with Crippen LogP contribution >= 0.6 is 0 Å². The molecular weight excluding hydrogens is 474 g/mol. The monoisotopic (exact) mass is 513 g/mol. The summed E-state index contributed by atoms with van der Waals surface area (Å²) < 4.78 is 5.81. The number of hydrogen-bond acceptors (Lipinski definition) is 4. The number of amides is 2. The first-order valence-electron chi connectivity index (χ1n) is 13.7. The van der Waals surface area contributed by atoms with Crippen LogP contribution < -0.4 is 4.90 Å². The van der Waals surface area contributed by atoms with Gasteiger partial charge in [0.1, 0.15) is 6.61 Å². The maximum Gasteiger partial charge on any atom is 0.409 e. The topological polar surface area (TPSA) is 53.1 Å². The van der Waals surface area contributed by atoms with E-state index in [1.165, 1.54) is 11.1 Å². The van der Waals surface area contributed by atoms with E-state index >= 15 is 0 Å². The SMILES string of the molecule is CCC(=O)N(c1ccccc1)C1CCN(C(=O)OCC(C)N(Cc2ccccc2)Cc2ccccc2)CC1. The van der Waals surface area contributed by atoms with Crippen molar-refractivity contribution in [2.45, 2.75) is 58.3 Å². The van der Waals surface area contributed by atoms with E-state index in [1.807, 2.05) is 54.3 Å². The summed E-state index contributed by atoms with van der Waals surface area (Å²) in [5.74, 6) is 0.114. The Labute approximate surface area is 226 Å². The lowest BCUT2D eigenvalue weighted by atomic mass is 10.0. The lowest BCUT2D eigenvalue weighted by molar-refractivity contribution is -0.119. The third-order valence-electron chi connectivity index (χ3n) is 7.22. The van der Waals surface area contributed by atoms with Gasteiger partial charge in [-0.2, -0.15) is 0 Å². The molecule has 1 saturated heterocycles. The molecule has 1 aliphatic heterocycles. The molecule has 38 heavy (non-hydrogen) atoms. The van der Waals surface area contributed by atoms with Crippen molar-refractivity contribution >= 4 is 17.7 Å². The predicted molar refractivity (Wildman–Crippen MR) is 152 cm³/mol. The first kappa shape index (κ1) is 27.4. The van der Waals surface area contributed by atoms with Crippen LogP contribution in [0.15, 0.2) is 91.0 Å². The second kappa shape index (κ2) is 13.8. The van der Waals surface area contributed by atoms with E-state index in [0.29, 0.717) is 26.1 Å². The second-order valence-electron chi connectivity index (χ2n) is 9.97. The summed E-state index contributed by atoms with van der Waals surface area (Å²) in [6, 6.07) is 30.7. The molecule has 0 radical (unpaired) electrons. The summed E-state index contributed by atoms with van der Waals surface area (Å²) in [5.41, 5.74) is 3.38. The van der Waals surface area contributed by atoms with Crippen molar-refractivity contribution < 1.29 is 14.3 Å². The largest absolute Gasteiger partial charge is 0.448 e. The van der Waals surface area contributed by atoms with E-state index in [0.717, 1.165) is 31.6 Å². The highest BCUT2D eigenvalue weighted by atomic mass is 16.6. The van der Waals surface area contributed by atoms with Crippen LogP contribution in [0.1, 0.15) is 44.2 Å². The molecule has 1 unspecified atom stereocenters. The Morgan fingerprint density at radius 1 is 0.842 bits per heavy atom. The van der Waals surface area contributed by atoms with Gasteiger partial charge in [-0.15, -0.1) is 0 Å². The molecule has 6 heteroatoms. The van der Waals surface area contributed by atoms with Crippen LogP contribution in [-0.4, -0.2) is 53.6 Å². The van der Waals surface area contributed by atoms with Crippen LogP contribution in [0.25, 0.3) is 0 Å². The predicted octanol–water partition coefficient (Wildman–Crippen LogP) is 6.12. The highest BCUT2D eigenvalue weighted by molar-refractivity contribution is 5.93. The van der Waals surface area contributed by atoms with Gasteiger partial charge in [0.25, 0.3) is 0 Å². The van der Waals surface area contributed by atoms with Gasteiger partial charge in [-0.1, -0.05) is 85.8 Å². The Morgan fingerprint density at radius 3 is 1.84 bits per heavy atom. The maximum absolute atomic E-state index is 13.0. The zero-order chi connectivity index (χ0) is 26.7. The van der Waals surface area contributed by atoms with E-state index in [1.54, 1.807) is 4.90 Å². The highest BCUT2D eigenvalue weighted by Crippen LogP contribution is 2.25. The Morgan fingerprint density at radius 2 is 1.34 bits per heavy atom. The van der Waals surface area contributed by atoms with Gasteiger partial charge in [-0.05, 0) is 43.0 Å². The van der Waals surface area contributed by atoms with Crippen LogP contribution in [0.3, 0.4) is 0 Å². The maximum atomic E-state index is 13.0. The Bertz CT molecular complexity index is 1090. The van der Waals surface area contributed by atoms with Crippen molar-refractivity contribution in [3.63, 3.8) is 0 Å². The van der Waals surface area contributed by atoms with Crippen molar-refractivity contribution in [3.05, 3.63) is 102 Å². The van der Waals surface area contributed by atoms with Gasteiger partial charge in [0.2, 0.25) is 5.91 Å². The molecule has 1 atom stereocenters. The minimum absolute atomic E-state index is 0.0487. The van der Waals surface area contributed by atoms with Crippen molar-refractivity contribution in [2.75, 3.05) is 24.6 Å². The lowest BCUT2D eigenvalue weighted by Crippen LogP contribution is -2.49. The third kappa shape index (κ3) is 7.45. The molecule has 0 aromatic heterocycles. The number of carbonyl (C=O) groups is 2. The summed E-state index contributed by atoms with van der Waals surface area (Å²) in [6.45, 7) is 7.04. The highest BCUT2D eigenvalue weighted by Gasteiger charge is 2.31. The van der Waals surface area contributed by atoms with Crippen molar-refractivity contribution in [1.29, 1.82) is 0 Å². The Hall–Kier alpha value is -3.64. The minimum Gasteiger partial charge on any atom is -0.448 e. The molecule has 0 bridgehead atoms. The molecule has 3 aromatic carbocycles. The fourth-order valence-electron chi connectivity index (χ4n) is 5.02. The van der Waals surface area contributed by atoms with Crippen LogP contribution in [0.4, 0.5) is 10.5 Å². The number of benzene rings is 3. The number of likely N-dealkylation sites (tertiary alicyclic amines) is 1. The number of anilines is 1. The number of nitrogens with zero attached hydrogens (tertiary/aromatic N) is 3. The van der Waals surface area contributed by atoms with Crippen LogP contribution in [-0.2, 0) is 22.6 Å². The number of para-hydroxylation sites is 1. The van der Waals surface area contributed by atoms with Gasteiger partial charge in [-0.3, -0.25) is 9.69 Å². The number of hydrogen-bond donors (Lipinski definition) is 0. The van der Waals surface area contributed by atoms with Gasteiger partial charge >= 0.3 is 6.09 Å². The molecule has 1 aliphatic rings. The summed E-state index contributed by atoms with van der Waals surface area (Å²) in [7, 11) is 0. The van der Waals surface area contributed by atoms with Gasteiger partial charge in [0, 0.05) is 50.4 Å². The normalized spacial score (nSPS) is 14.8. The van der Waals surface area contributed by atoms with E-state index in [-0.39, 0.29) is 24.1 Å². The average Bonchev–Trinajstić information content (AvgIpc) is 2.97. The van der Waals surface area contributed by atoms with Crippen molar-refractivity contribution in [3.8, 4) is 0 Å². The van der Waals surface area contributed by atoms with E-state index in [9.17, 15) is 9.59 Å². The second-order valence-corrected chi connectivity index (χ2v) is 9.97. The molecule has 0 spiro atoms. The molecule has 1 heterocycles. The molecule has 200 valence electrons. The molecule has 2 amide bonds. The summed E-state index contributed by atoms with van der Waals surface area (Å²) in [5, 5.41) is 0. The molecule has 0 saturated carbocycles. The van der Waals surface area contributed by atoms with Gasteiger partial charge in [-0.25, -0.2) is 4.79 Å². The standard InChI is InChI=1S/C32H39N3O3/c1-3-31(36)35(29-17-11-6-12-18-29)30-19-21-33(22-20-30)32(37)38-25-26(2)34(23-27-13-7-4-8-14-27)24-28-15-9-5-10-16-28/h4-18,26,30H,3,19-25H2,1-2H3. The van der Waals surface area contributed by atoms with Crippen LogP contribution in [0.2, 0.25) is 0 Å². The minimum atomic E-state index is -0.275. The van der Waals surface area contributed by atoms with Crippen LogP contribution in [0.5, 0.6) is 0 Å². The van der Waals surface area contributed by atoms with Gasteiger partial charge in [0.05, 0.1) is 0 Å². The molecule has 3 aromatic rings. The molecule has 4 rings (SSSR count). The first-order chi connectivity index (χ1) is 18.5. The molecular formula is C32H39N3O3. The van der Waals surface area contributed by atoms with Crippen molar-refractivity contribution in [1.82, 2.24) is 9.80 Å². The Kier molecular flexibility index (Phi) is 9.93. The molecule has 0 N–H and O–H groups in total. The third-order valence-corrected chi connectivity index (χ3v) is 7.22. The van der Waals surface area contributed by atoms with E-state index in [4.69, 9.17) is 4.74 Å². The number of rotatable bonds is 10. The zero-order valence-corrected chi connectivity index (χ0v) is 22.5. The molecule has 0 aliphatic carbocycles.